The average Bonchev–Trinajstić information content (AvgIpc) is 3.02. The Morgan fingerprint density at radius 2 is 2.17 bits per heavy atom. The van der Waals surface area contributed by atoms with E-state index in [1.54, 1.807) is 0 Å². The van der Waals surface area contributed by atoms with Gasteiger partial charge in [0.1, 0.15) is 0 Å². The lowest BCUT2D eigenvalue weighted by Gasteiger charge is -2.26. The Labute approximate surface area is 164 Å². The van der Waals surface area contributed by atoms with E-state index in [9.17, 15) is 8.42 Å². The van der Waals surface area contributed by atoms with Crippen molar-refractivity contribution in [2.24, 2.45) is 16.3 Å². The Kier molecular flexibility index (Phi) is 8.03. The molecule has 2 aliphatic rings. The standard InChI is InChI=1S/C17H31N3O2S.HI/c1-5-17(4)7-8-20(13-17)16(18-10-14(2)3)19-11-15-6-9-23(21,22)12-15;/h15H,2,5-13H2,1,3-4H3,(H,18,19);1H. The van der Waals surface area contributed by atoms with Gasteiger partial charge in [-0.3, -0.25) is 0 Å². The molecular formula is C17H32IN3O2S. The van der Waals surface area contributed by atoms with E-state index in [-0.39, 0.29) is 29.9 Å². The molecule has 7 heteroatoms. The smallest absolute Gasteiger partial charge is 0.194 e. The van der Waals surface area contributed by atoms with Crippen molar-refractivity contribution in [3.8, 4) is 0 Å². The summed E-state index contributed by atoms with van der Waals surface area (Å²) in [6.07, 6.45) is 3.10. The predicted octanol–water partition coefficient (Wildman–Crippen LogP) is 2.68. The fourth-order valence-corrected chi connectivity index (χ4v) is 5.10. The zero-order valence-corrected chi connectivity index (χ0v) is 18.3. The van der Waals surface area contributed by atoms with Gasteiger partial charge in [0, 0.05) is 19.6 Å². The summed E-state index contributed by atoms with van der Waals surface area (Å²) in [7, 11) is -2.82. The number of nitrogens with one attached hydrogen (secondary N) is 1. The minimum Gasteiger partial charge on any atom is -0.356 e. The third-order valence-corrected chi connectivity index (χ3v) is 6.92. The molecule has 2 saturated heterocycles. The number of guanidine groups is 1. The number of halogens is 1. The zero-order chi connectivity index (χ0) is 17.1. The normalized spacial score (nSPS) is 29.4. The molecular weight excluding hydrogens is 437 g/mol. The van der Waals surface area contributed by atoms with E-state index in [0.29, 0.717) is 30.0 Å². The highest BCUT2D eigenvalue weighted by Gasteiger charge is 2.34. The van der Waals surface area contributed by atoms with Crippen molar-refractivity contribution in [3.63, 3.8) is 0 Å². The third-order valence-electron chi connectivity index (χ3n) is 5.09. The van der Waals surface area contributed by atoms with E-state index in [4.69, 9.17) is 0 Å². The number of aliphatic imine (C=N–C) groups is 1. The molecule has 0 bridgehead atoms. The van der Waals surface area contributed by atoms with Crippen LogP contribution in [0.1, 0.15) is 40.0 Å². The summed E-state index contributed by atoms with van der Waals surface area (Å²) in [6, 6.07) is 0. The molecule has 5 nitrogen and oxygen atoms in total. The third kappa shape index (κ3) is 6.20. The van der Waals surface area contributed by atoms with Crippen molar-refractivity contribution in [2.75, 3.05) is 37.7 Å². The molecule has 2 aliphatic heterocycles. The topological polar surface area (TPSA) is 61.8 Å². The van der Waals surface area contributed by atoms with Crippen molar-refractivity contribution in [1.82, 2.24) is 10.2 Å². The van der Waals surface area contributed by atoms with Crippen molar-refractivity contribution >= 4 is 39.8 Å². The maximum absolute atomic E-state index is 11.6. The van der Waals surface area contributed by atoms with Crippen LogP contribution in [0, 0.1) is 11.3 Å². The van der Waals surface area contributed by atoms with Gasteiger partial charge in [0.05, 0.1) is 18.1 Å². The lowest BCUT2D eigenvalue weighted by Crippen LogP contribution is -2.43. The largest absolute Gasteiger partial charge is 0.356 e. The quantitative estimate of drug-likeness (QED) is 0.291. The van der Waals surface area contributed by atoms with E-state index >= 15 is 0 Å². The second-order valence-corrected chi connectivity index (χ2v) is 9.81. The van der Waals surface area contributed by atoms with Crippen LogP contribution in [0.5, 0.6) is 0 Å². The number of hydrogen-bond acceptors (Lipinski definition) is 3. The first-order chi connectivity index (χ1) is 10.7. The van der Waals surface area contributed by atoms with Crippen molar-refractivity contribution in [1.29, 1.82) is 0 Å². The average molecular weight is 469 g/mol. The monoisotopic (exact) mass is 469 g/mol. The van der Waals surface area contributed by atoms with Gasteiger partial charge in [-0.15, -0.1) is 24.0 Å². The summed E-state index contributed by atoms with van der Waals surface area (Å²) in [4.78, 5) is 7.00. The highest BCUT2D eigenvalue weighted by molar-refractivity contribution is 14.0. The molecule has 0 saturated carbocycles. The molecule has 0 radical (unpaired) electrons. The van der Waals surface area contributed by atoms with E-state index in [1.807, 2.05) is 6.92 Å². The Morgan fingerprint density at radius 1 is 1.46 bits per heavy atom. The number of hydrogen-bond donors (Lipinski definition) is 1. The number of nitrogens with zero attached hydrogens (tertiary/aromatic N) is 2. The van der Waals surface area contributed by atoms with Crippen LogP contribution in [0.4, 0.5) is 0 Å². The van der Waals surface area contributed by atoms with Crippen LogP contribution in [0.25, 0.3) is 0 Å². The van der Waals surface area contributed by atoms with Gasteiger partial charge in [0.15, 0.2) is 15.8 Å². The molecule has 0 aliphatic carbocycles. The first-order valence-electron chi connectivity index (χ1n) is 8.61. The maximum Gasteiger partial charge on any atom is 0.194 e. The molecule has 140 valence electrons. The van der Waals surface area contributed by atoms with Crippen LogP contribution >= 0.6 is 24.0 Å². The summed E-state index contributed by atoms with van der Waals surface area (Å²) < 4.78 is 23.2. The molecule has 0 spiro atoms. The summed E-state index contributed by atoms with van der Waals surface area (Å²) in [6.45, 7) is 13.8. The Bertz CT molecular complexity index is 576. The van der Waals surface area contributed by atoms with Gasteiger partial charge in [-0.1, -0.05) is 26.0 Å². The number of rotatable bonds is 5. The van der Waals surface area contributed by atoms with Gasteiger partial charge in [-0.05, 0) is 37.5 Å². The van der Waals surface area contributed by atoms with Crippen LogP contribution in [-0.2, 0) is 9.84 Å². The molecule has 2 rings (SSSR count). The van der Waals surface area contributed by atoms with Crippen molar-refractivity contribution in [2.45, 2.75) is 40.0 Å². The molecule has 0 aromatic carbocycles. The SMILES string of the molecule is C=C(C)CN=C(NCC1CCS(=O)(=O)C1)N1CCC(C)(CC)C1.I. The first-order valence-corrected chi connectivity index (χ1v) is 10.4. The predicted molar refractivity (Wildman–Crippen MR) is 112 cm³/mol. The first kappa shape index (κ1) is 21.7. The molecule has 0 aromatic heterocycles. The minimum atomic E-state index is -2.82. The minimum absolute atomic E-state index is 0. The summed E-state index contributed by atoms with van der Waals surface area (Å²) in [5.74, 6) is 1.75. The van der Waals surface area contributed by atoms with E-state index < -0.39 is 9.84 Å². The van der Waals surface area contributed by atoms with E-state index in [0.717, 1.165) is 37.5 Å². The molecule has 1 N–H and O–H groups in total. The molecule has 2 fully saturated rings. The van der Waals surface area contributed by atoms with Gasteiger partial charge < -0.3 is 10.2 Å². The van der Waals surface area contributed by atoms with E-state index in [1.165, 1.54) is 6.42 Å². The van der Waals surface area contributed by atoms with Crippen LogP contribution < -0.4 is 5.32 Å². The van der Waals surface area contributed by atoms with Gasteiger partial charge in [0.25, 0.3) is 0 Å². The Morgan fingerprint density at radius 3 is 2.67 bits per heavy atom. The van der Waals surface area contributed by atoms with Crippen molar-refractivity contribution < 1.29 is 8.42 Å². The molecule has 2 unspecified atom stereocenters. The van der Waals surface area contributed by atoms with E-state index in [2.05, 4.69) is 35.6 Å². The highest BCUT2D eigenvalue weighted by atomic mass is 127. The van der Waals surface area contributed by atoms with Crippen LogP contribution in [0.15, 0.2) is 17.1 Å². The maximum atomic E-state index is 11.6. The van der Waals surface area contributed by atoms with Crippen LogP contribution in [-0.4, -0.2) is 57.0 Å². The van der Waals surface area contributed by atoms with Gasteiger partial charge in [0.2, 0.25) is 0 Å². The Balaban J connectivity index is 0.00000288. The highest BCUT2D eigenvalue weighted by Crippen LogP contribution is 2.33. The lowest BCUT2D eigenvalue weighted by atomic mass is 9.87. The fraction of sp³-hybridized carbons (Fsp3) is 0.824. The molecule has 0 aromatic rings. The Hall–Kier alpha value is -0.310. The lowest BCUT2D eigenvalue weighted by molar-refractivity contribution is 0.321. The van der Waals surface area contributed by atoms with Gasteiger partial charge >= 0.3 is 0 Å². The van der Waals surface area contributed by atoms with Crippen molar-refractivity contribution in [3.05, 3.63) is 12.2 Å². The summed E-state index contributed by atoms with van der Waals surface area (Å²) in [5.41, 5.74) is 1.38. The second kappa shape index (κ2) is 8.87. The number of sulfone groups is 1. The van der Waals surface area contributed by atoms with Gasteiger partial charge in [-0.25, -0.2) is 13.4 Å². The zero-order valence-electron chi connectivity index (χ0n) is 15.2. The molecule has 2 atom stereocenters. The molecule has 24 heavy (non-hydrogen) atoms. The van der Waals surface area contributed by atoms with Crippen LogP contribution in [0.3, 0.4) is 0 Å². The second-order valence-electron chi connectivity index (χ2n) is 7.58. The molecule has 0 amide bonds. The summed E-state index contributed by atoms with van der Waals surface area (Å²) in [5, 5.41) is 3.43. The fourth-order valence-electron chi connectivity index (χ4n) is 3.24. The summed E-state index contributed by atoms with van der Waals surface area (Å²) >= 11 is 0. The van der Waals surface area contributed by atoms with Gasteiger partial charge in [-0.2, -0.15) is 0 Å². The molecule has 2 heterocycles. The number of likely N-dealkylation sites (tertiary alicyclic amines) is 1. The van der Waals surface area contributed by atoms with Crippen LogP contribution in [0.2, 0.25) is 0 Å².